The number of hydrogen-bond donors (Lipinski definition) is 2. The summed E-state index contributed by atoms with van der Waals surface area (Å²) >= 11 is 0. The molecule has 32 heavy (non-hydrogen) atoms. The highest BCUT2D eigenvalue weighted by molar-refractivity contribution is 5.79. The topological polar surface area (TPSA) is 68.0 Å². The van der Waals surface area contributed by atoms with Crippen LogP contribution in [0.15, 0.2) is 73.1 Å². The Hall–Kier alpha value is -3.05. The Bertz CT molecular complexity index is 1020. The monoisotopic (exact) mass is 431 g/mol. The lowest BCUT2D eigenvalue weighted by molar-refractivity contribution is -0.127. The molecule has 3 N–H and O–H groups in total. The fraction of sp³-hybridized carbons (Fsp3) is 0.333. The van der Waals surface area contributed by atoms with Gasteiger partial charge in [-0.3, -0.25) is 9.78 Å². The number of rotatable bonds is 7. The van der Waals surface area contributed by atoms with Crippen molar-refractivity contribution >= 4 is 5.91 Å². The van der Waals surface area contributed by atoms with Crippen LogP contribution in [0.3, 0.4) is 0 Å². The molecule has 4 rings (SSSR count). The minimum Gasteiger partial charge on any atom is -0.349 e. The number of halogens is 1. The number of hydrogen-bond acceptors (Lipinski definition) is 3. The predicted octanol–water partition coefficient (Wildman–Crippen LogP) is 5.05. The molecule has 1 atom stereocenters. The first-order valence-corrected chi connectivity index (χ1v) is 11.4. The molecule has 1 unspecified atom stereocenters. The second kappa shape index (κ2) is 10.5. The van der Waals surface area contributed by atoms with Crippen LogP contribution in [0.5, 0.6) is 0 Å². The number of benzene rings is 2. The first-order valence-electron chi connectivity index (χ1n) is 11.4. The Labute approximate surface area is 189 Å². The molecule has 1 aliphatic carbocycles. The van der Waals surface area contributed by atoms with Gasteiger partial charge in [0.1, 0.15) is 5.82 Å². The number of aromatic nitrogens is 1. The van der Waals surface area contributed by atoms with Crippen LogP contribution in [0.2, 0.25) is 0 Å². The second-order valence-corrected chi connectivity index (χ2v) is 8.68. The molecule has 3 aromatic rings. The molecule has 0 saturated heterocycles. The number of nitrogens with two attached hydrogens (primary N) is 1. The van der Waals surface area contributed by atoms with Crippen molar-refractivity contribution in [1.82, 2.24) is 10.3 Å². The summed E-state index contributed by atoms with van der Waals surface area (Å²) in [5.74, 6) is 0.330. The van der Waals surface area contributed by atoms with E-state index in [1.54, 1.807) is 30.6 Å². The van der Waals surface area contributed by atoms with E-state index >= 15 is 0 Å². The van der Waals surface area contributed by atoms with Crippen LogP contribution in [0.1, 0.15) is 42.9 Å². The van der Waals surface area contributed by atoms with Gasteiger partial charge in [-0.15, -0.1) is 0 Å². The summed E-state index contributed by atoms with van der Waals surface area (Å²) in [5, 5.41) is 3.28. The zero-order chi connectivity index (χ0) is 22.3. The van der Waals surface area contributed by atoms with Crippen molar-refractivity contribution in [2.75, 3.05) is 6.54 Å². The lowest BCUT2D eigenvalue weighted by Gasteiger charge is -2.29. The van der Waals surface area contributed by atoms with E-state index in [0.717, 1.165) is 42.4 Å². The van der Waals surface area contributed by atoms with Crippen molar-refractivity contribution in [2.45, 2.75) is 38.1 Å². The van der Waals surface area contributed by atoms with Crippen molar-refractivity contribution in [1.29, 1.82) is 0 Å². The Kier molecular flexibility index (Phi) is 7.28. The third-order valence-electron chi connectivity index (χ3n) is 6.53. The molecule has 1 heterocycles. The smallest absolute Gasteiger partial charge is 0.223 e. The van der Waals surface area contributed by atoms with E-state index in [1.807, 2.05) is 24.3 Å². The van der Waals surface area contributed by atoms with E-state index in [1.165, 1.54) is 6.07 Å². The molecular formula is C27H30FN3O. The highest BCUT2D eigenvalue weighted by Gasteiger charge is 2.27. The van der Waals surface area contributed by atoms with Crippen LogP contribution < -0.4 is 11.1 Å². The minimum atomic E-state index is -0.287. The van der Waals surface area contributed by atoms with Crippen LogP contribution in [0.25, 0.3) is 11.1 Å². The van der Waals surface area contributed by atoms with Crippen molar-refractivity contribution in [3.05, 3.63) is 90.0 Å². The molecule has 5 heteroatoms. The second-order valence-electron chi connectivity index (χ2n) is 8.68. The predicted molar refractivity (Wildman–Crippen MR) is 125 cm³/mol. The van der Waals surface area contributed by atoms with Crippen molar-refractivity contribution < 1.29 is 9.18 Å². The van der Waals surface area contributed by atoms with Crippen LogP contribution in [0, 0.1) is 17.7 Å². The zero-order valence-corrected chi connectivity index (χ0v) is 18.2. The highest BCUT2D eigenvalue weighted by atomic mass is 19.1. The lowest BCUT2D eigenvalue weighted by atomic mass is 9.81. The molecule has 0 aliphatic heterocycles. The summed E-state index contributed by atoms with van der Waals surface area (Å²) in [6.07, 6.45) is 7.70. The van der Waals surface area contributed by atoms with Gasteiger partial charge in [-0.25, -0.2) is 4.39 Å². The SMILES string of the molecule is NCC1CCC(C(=O)NC(Cc2ccccc2)c2ccc(F)c(-c3ccncc3)c2)CC1. The maximum Gasteiger partial charge on any atom is 0.223 e. The van der Waals surface area contributed by atoms with Gasteiger partial charge in [0, 0.05) is 23.9 Å². The van der Waals surface area contributed by atoms with Gasteiger partial charge in [0.05, 0.1) is 6.04 Å². The van der Waals surface area contributed by atoms with E-state index in [2.05, 4.69) is 22.4 Å². The van der Waals surface area contributed by atoms with Gasteiger partial charge in [0.2, 0.25) is 5.91 Å². The molecular weight excluding hydrogens is 401 g/mol. The van der Waals surface area contributed by atoms with Gasteiger partial charge < -0.3 is 11.1 Å². The minimum absolute atomic E-state index is 0.0104. The Balaban J connectivity index is 1.59. The first-order chi connectivity index (χ1) is 15.6. The van der Waals surface area contributed by atoms with Gasteiger partial charge in [0.15, 0.2) is 0 Å². The third kappa shape index (κ3) is 5.40. The van der Waals surface area contributed by atoms with Crippen molar-refractivity contribution in [3.63, 3.8) is 0 Å². The van der Waals surface area contributed by atoms with E-state index in [-0.39, 0.29) is 23.7 Å². The number of pyridine rings is 1. The molecule has 1 amide bonds. The van der Waals surface area contributed by atoms with Gasteiger partial charge in [-0.2, -0.15) is 0 Å². The molecule has 0 radical (unpaired) electrons. The average molecular weight is 432 g/mol. The third-order valence-corrected chi connectivity index (χ3v) is 6.53. The van der Waals surface area contributed by atoms with E-state index in [4.69, 9.17) is 5.73 Å². The molecule has 0 spiro atoms. The Morgan fingerprint density at radius 3 is 2.44 bits per heavy atom. The maximum absolute atomic E-state index is 14.7. The number of carbonyl (C=O) groups excluding carboxylic acids is 1. The van der Waals surface area contributed by atoms with Gasteiger partial charge in [0.25, 0.3) is 0 Å². The van der Waals surface area contributed by atoms with E-state index in [0.29, 0.717) is 24.4 Å². The fourth-order valence-electron chi connectivity index (χ4n) is 4.56. The molecule has 2 aromatic carbocycles. The molecule has 1 saturated carbocycles. The Morgan fingerprint density at radius 1 is 1.03 bits per heavy atom. The molecule has 166 valence electrons. The van der Waals surface area contributed by atoms with E-state index < -0.39 is 0 Å². The quantitative estimate of drug-likeness (QED) is 0.550. The summed E-state index contributed by atoms with van der Waals surface area (Å²) in [5.41, 5.74) is 9.11. The average Bonchev–Trinajstić information content (AvgIpc) is 2.85. The van der Waals surface area contributed by atoms with Gasteiger partial charge in [-0.1, -0.05) is 36.4 Å². The van der Waals surface area contributed by atoms with Gasteiger partial charge >= 0.3 is 0 Å². The molecule has 4 nitrogen and oxygen atoms in total. The zero-order valence-electron chi connectivity index (χ0n) is 18.2. The molecule has 1 fully saturated rings. The standard InChI is InChI=1S/C27H30FN3O/c28-25-11-10-23(17-24(25)21-12-14-30-15-13-21)26(16-19-4-2-1-3-5-19)31-27(32)22-8-6-20(18-29)7-9-22/h1-5,10-15,17,20,22,26H,6-9,16,18,29H2,(H,31,32). The van der Waals surface area contributed by atoms with Crippen molar-refractivity contribution in [3.8, 4) is 11.1 Å². The summed E-state index contributed by atoms with van der Waals surface area (Å²) in [6, 6.07) is 18.5. The fourth-order valence-corrected chi connectivity index (χ4v) is 4.56. The van der Waals surface area contributed by atoms with Crippen LogP contribution >= 0.6 is 0 Å². The van der Waals surface area contributed by atoms with E-state index in [9.17, 15) is 9.18 Å². The summed E-state index contributed by atoms with van der Waals surface area (Å²) in [7, 11) is 0. The maximum atomic E-state index is 14.7. The lowest BCUT2D eigenvalue weighted by Crippen LogP contribution is -2.37. The first kappa shape index (κ1) is 22.2. The highest BCUT2D eigenvalue weighted by Crippen LogP contribution is 2.31. The number of amides is 1. The molecule has 0 bridgehead atoms. The van der Waals surface area contributed by atoms with Crippen molar-refractivity contribution in [2.24, 2.45) is 17.6 Å². The summed E-state index contributed by atoms with van der Waals surface area (Å²) in [6.45, 7) is 0.693. The van der Waals surface area contributed by atoms with Crippen LogP contribution in [-0.4, -0.2) is 17.4 Å². The van der Waals surface area contributed by atoms with Gasteiger partial charge in [-0.05, 0) is 85.5 Å². The largest absolute Gasteiger partial charge is 0.349 e. The summed E-state index contributed by atoms with van der Waals surface area (Å²) in [4.78, 5) is 17.2. The molecule has 1 aliphatic rings. The number of nitrogens with zero attached hydrogens (tertiary/aromatic N) is 1. The number of nitrogens with one attached hydrogen (secondary N) is 1. The molecule has 1 aromatic heterocycles. The summed E-state index contributed by atoms with van der Waals surface area (Å²) < 4.78 is 14.7. The number of carbonyl (C=O) groups is 1. The normalized spacial score (nSPS) is 19.3. The van der Waals surface area contributed by atoms with Crippen LogP contribution in [0.4, 0.5) is 4.39 Å². The Morgan fingerprint density at radius 2 is 1.75 bits per heavy atom. The van der Waals surface area contributed by atoms with Crippen LogP contribution in [-0.2, 0) is 11.2 Å².